The molecule has 1 aliphatic carbocycles. The summed E-state index contributed by atoms with van der Waals surface area (Å²) in [6.07, 6.45) is 0. The van der Waals surface area contributed by atoms with Crippen molar-refractivity contribution in [2.75, 3.05) is 4.90 Å². The molecule has 0 saturated heterocycles. The molecule has 10 aromatic carbocycles. The quantitative estimate of drug-likeness (QED) is 0.147. The predicted octanol–water partition coefficient (Wildman–Crippen LogP) is 15.8. The largest absolute Gasteiger partial charge is 0.309 e. The first kappa shape index (κ1) is 34.7. The second-order valence-corrected chi connectivity index (χ2v) is 15.7. The zero-order valence-corrected chi connectivity index (χ0v) is 32.9. The molecule has 1 nitrogen and oxygen atoms in total. The van der Waals surface area contributed by atoms with Gasteiger partial charge >= 0.3 is 0 Å². The monoisotopic (exact) mass is 751 g/mol. The lowest BCUT2D eigenvalue weighted by Crippen LogP contribution is -2.22. The SMILES string of the molecule is CC1(c2ccccc2)c2ccccc2-c2c(N(c3ccc4c(c3)c(-c3ccccc3)c(-c3ccccc3)c3ccccc34)c3ccccc3-c3ccccc3)cccc21. The van der Waals surface area contributed by atoms with Crippen molar-refractivity contribution in [2.45, 2.75) is 12.3 Å². The van der Waals surface area contributed by atoms with E-state index in [1.807, 2.05) is 0 Å². The third kappa shape index (κ3) is 5.54. The Labute approximate surface area is 346 Å². The zero-order chi connectivity index (χ0) is 39.3. The van der Waals surface area contributed by atoms with Crippen molar-refractivity contribution in [2.24, 2.45) is 0 Å². The van der Waals surface area contributed by atoms with Crippen molar-refractivity contribution in [1.29, 1.82) is 0 Å². The lowest BCUT2D eigenvalue weighted by Gasteiger charge is -2.32. The van der Waals surface area contributed by atoms with Crippen molar-refractivity contribution in [1.82, 2.24) is 0 Å². The Morgan fingerprint density at radius 1 is 0.322 bits per heavy atom. The maximum Gasteiger partial charge on any atom is 0.0543 e. The molecule has 0 radical (unpaired) electrons. The van der Waals surface area contributed by atoms with Gasteiger partial charge in [0.15, 0.2) is 0 Å². The highest BCUT2D eigenvalue weighted by Crippen LogP contribution is 2.57. The summed E-state index contributed by atoms with van der Waals surface area (Å²) in [5.74, 6) is 0. The van der Waals surface area contributed by atoms with Crippen LogP contribution in [0.25, 0.3) is 66.1 Å². The minimum absolute atomic E-state index is 0.332. The van der Waals surface area contributed by atoms with E-state index in [4.69, 9.17) is 0 Å². The summed E-state index contributed by atoms with van der Waals surface area (Å²) in [5, 5.41) is 4.95. The Bertz CT molecular complexity index is 3150. The van der Waals surface area contributed by atoms with Gasteiger partial charge in [-0.05, 0) is 103 Å². The van der Waals surface area contributed by atoms with Gasteiger partial charge in [-0.3, -0.25) is 0 Å². The van der Waals surface area contributed by atoms with Crippen LogP contribution in [0, 0.1) is 0 Å². The number of nitrogens with zero attached hydrogens (tertiary/aromatic N) is 1. The fraction of sp³-hybridized carbons (Fsp3) is 0.0345. The maximum absolute atomic E-state index is 2.53. The van der Waals surface area contributed by atoms with Crippen LogP contribution in [0.15, 0.2) is 231 Å². The summed E-state index contributed by atoms with van der Waals surface area (Å²) in [7, 11) is 0. The molecule has 0 fully saturated rings. The van der Waals surface area contributed by atoms with Crippen molar-refractivity contribution in [3.8, 4) is 44.5 Å². The van der Waals surface area contributed by atoms with Crippen molar-refractivity contribution >= 4 is 38.6 Å². The highest BCUT2D eigenvalue weighted by Gasteiger charge is 2.42. The van der Waals surface area contributed by atoms with Gasteiger partial charge in [-0.25, -0.2) is 0 Å². The Balaban J connectivity index is 1.26. The lowest BCUT2D eigenvalue weighted by molar-refractivity contribution is 0.714. The molecule has 0 amide bonds. The van der Waals surface area contributed by atoms with E-state index in [0.717, 1.165) is 17.1 Å². The first-order valence-electron chi connectivity index (χ1n) is 20.5. The number of fused-ring (bicyclic) bond motifs is 6. The van der Waals surface area contributed by atoms with E-state index < -0.39 is 0 Å². The molecule has 0 spiro atoms. The Kier molecular flexibility index (Phi) is 8.34. The Hall–Kier alpha value is -7.48. The number of para-hydroxylation sites is 1. The van der Waals surface area contributed by atoms with E-state index in [9.17, 15) is 0 Å². The molecule has 1 heteroatoms. The third-order valence-electron chi connectivity index (χ3n) is 12.5. The molecule has 59 heavy (non-hydrogen) atoms. The van der Waals surface area contributed by atoms with Crippen LogP contribution in [0.4, 0.5) is 17.1 Å². The van der Waals surface area contributed by atoms with E-state index in [0.29, 0.717) is 0 Å². The van der Waals surface area contributed by atoms with Gasteiger partial charge in [0.05, 0.1) is 11.4 Å². The molecule has 0 heterocycles. The minimum Gasteiger partial charge on any atom is -0.309 e. The van der Waals surface area contributed by atoms with Gasteiger partial charge in [0.25, 0.3) is 0 Å². The Morgan fingerprint density at radius 3 is 1.51 bits per heavy atom. The van der Waals surface area contributed by atoms with Gasteiger partial charge in [-0.2, -0.15) is 0 Å². The van der Waals surface area contributed by atoms with Crippen molar-refractivity contribution in [3.63, 3.8) is 0 Å². The summed E-state index contributed by atoms with van der Waals surface area (Å²) < 4.78 is 0. The molecule has 0 saturated carbocycles. The van der Waals surface area contributed by atoms with Gasteiger partial charge in [0, 0.05) is 22.2 Å². The van der Waals surface area contributed by atoms with Gasteiger partial charge in [0.1, 0.15) is 0 Å². The van der Waals surface area contributed by atoms with Crippen LogP contribution in [-0.2, 0) is 5.41 Å². The van der Waals surface area contributed by atoms with Crippen molar-refractivity contribution in [3.05, 3.63) is 247 Å². The molecule has 10 aromatic rings. The lowest BCUT2D eigenvalue weighted by atomic mass is 9.74. The van der Waals surface area contributed by atoms with E-state index in [-0.39, 0.29) is 5.41 Å². The van der Waals surface area contributed by atoms with Crippen LogP contribution < -0.4 is 4.90 Å². The fourth-order valence-electron chi connectivity index (χ4n) is 9.86. The van der Waals surface area contributed by atoms with Crippen molar-refractivity contribution < 1.29 is 0 Å². The van der Waals surface area contributed by atoms with Gasteiger partial charge in [0.2, 0.25) is 0 Å². The summed E-state index contributed by atoms with van der Waals surface area (Å²) >= 11 is 0. The number of benzene rings is 10. The molecule has 0 bridgehead atoms. The van der Waals surface area contributed by atoms with E-state index in [2.05, 4.69) is 242 Å². The first-order chi connectivity index (χ1) is 29.2. The minimum atomic E-state index is -0.332. The molecule has 11 rings (SSSR count). The summed E-state index contributed by atoms with van der Waals surface area (Å²) in [6, 6.07) is 84.6. The van der Waals surface area contributed by atoms with E-state index >= 15 is 0 Å². The molecular formula is C58H41N. The summed E-state index contributed by atoms with van der Waals surface area (Å²) in [5.41, 5.74) is 16.8. The van der Waals surface area contributed by atoms with Gasteiger partial charge in [-0.1, -0.05) is 206 Å². The highest BCUT2D eigenvalue weighted by molar-refractivity contribution is 6.22. The standard InChI is InChI=1S/C58H41N/c1-58(43-27-12-5-13-28-43)51-33-18-16-32-49(51)57-52(58)34-20-36-54(57)59(53-35-19-17-29-45(53)40-21-6-2-7-22-40)44-37-38-47-46-30-14-15-31-48(46)55(41-23-8-3-9-24-41)56(50(47)39-44)42-25-10-4-11-26-42/h2-39H,1H3. The molecular weight excluding hydrogens is 711 g/mol. The first-order valence-corrected chi connectivity index (χ1v) is 20.5. The third-order valence-corrected chi connectivity index (χ3v) is 12.5. The molecule has 0 N–H and O–H groups in total. The van der Waals surface area contributed by atoms with Crippen LogP contribution in [0.2, 0.25) is 0 Å². The normalized spacial score (nSPS) is 14.3. The van der Waals surface area contributed by atoms with E-state index in [1.54, 1.807) is 0 Å². The molecule has 1 atom stereocenters. The van der Waals surface area contributed by atoms with Crippen LogP contribution in [-0.4, -0.2) is 0 Å². The van der Waals surface area contributed by atoms with Crippen LogP contribution in [0.3, 0.4) is 0 Å². The van der Waals surface area contributed by atoms with Crippen LogP contribution in [0.5, 0.6) is 0 Å². The average molecular weight is 752 g/mol. The number of hydrogen-bond acceptors (Lipinski definition) is 1. The number of rotatable bonds is 7. The molecule has 1 unspecified atom stereocenters. The smallest absolute Gasteiger partial charge is 0.0543 e. The van der Waals surface area contributed by atoms with E-state index in [1.165, 1.54) is 82.7 Å². The maximum atomic E-state index is 2.53. The molecule has 0 aliphatic heterocycles. The second kappa shape index (κ2) is 14.2. The molecule has 278 valence electrons. The number of hydrogen-bond donors (Lipinski definition) is 0. The zero-order valence-electron chi connectivity index (χ0n) is 32.9. The van der Waals surface area contributed by atoms with Gasteiger partial charge < -0.3 is 4.90 Å². The fourth-order valence-corrected chi connectivity index (χ4v) is 9.86. The average Bonchev–Trinajstić information content (AvgIpc) is 3.59. The number of anilines is 3. The summed E-state index contributed by atoms with van der Waals surface area (Å²) in [4.78, 5) is 2.53. The second-order valence-electron chi connectivity index (χ2n) is 15.7. The molecule has 1 aliphatic rings. The predicted molar refractivity (Wildman–Crippen MR) is 250 cm³/mol. The topological polar surface area (TPSA) is 3.24 Å². The van der Waals surface area contributed by atoms with Gasteiger partial charge in [-0.15, -0.1) is 0 Å². The summed E-state index contributed by atoms with van der Waals surface area (Å²) in [6.45, 7) is 2.40. The highest BCUT2D eigenvalue weighted by atomic mass is 15.1. The van der Waals surface area contributed by atoms with Crippen LogP contribution >= 0.6 is 0 Å². The van der Waals surface area contributed by atoms with Crippen LogP contribution in [0.1, 0.15) is 23.6 Å². The molecule has 0 aromatic heterocycles. The Morgan fingerprint density at radius 2 is 0.814 bits per heavy atom.